The van der Waals surface area contributed by atoms with Gasteiger partial charge in [0.25, 0.3) is 0 Å². The zero-order valence-corrected chi connectivity index (χ0v) is 15.6. The van der Waals surface area contributed by atoms with Crippen LogP contribution < -0.4 is 5.32 Å². The monoisotopic (exact) mass is 353 g/mol. The Hall–Kier alpha value is -1.63. The third-order valence-electron chi connectivity index (χ3n) is 4.90. The van der Waals surface area contributed by atoms with E-state index in [1.54, 1.807) is 16.9 Å². The third-order valence-corrected chi connectivity index (χ3v) is 4.90. The van der Waals surface area contributed by atoms with E-state index in [0.29, 0.717) is 32.5 Å². The van der Waals surface area contributed by atoms with E-state index in [1.165, 1.54) is 0 Å². The number of piperidine rings is 1. The molecule has 2 atom stereocenters. The average Bonchev–Trinajstić information content (AvgIpc) is 3.08. The minimum Gasteiger partial charge on any atom is -0.384 e. The van der Waals surface area contributed by atoms with Gasteiger partial charge >= 0.3 is 0 Å². The van der Waals surface area contributed by atoms with Crippen molar-refractivity contribution in [3.63, 3.8) is 0 Å². The standard InChI is InChI=1S/C18H31N3O4/c1-13(2)19-17(23)14-7-4-5-10-21(14)18(24)15-8-6-11-20(15)16(22)9-12-25-3/h13-15H,4-12H2,1-3H3,(H,19,23). The molecule has 0 aliphatic carbocycles. The maximum atomic E-state index is 13.1. The molecule has 2 unspecified atom stereocenters. The molecule has 142 valence electrons. The minimum absolute atomic E-state index is 0.0436. The van der Waals surface area contributed by atoms with Gasteiger partial charge in [-0.15, -0.1) is 0 Å². The number of ether oxygens (including phenoxy) is 1. The van der Waals surface area contributed by atoms with Crippen LogP contribution >= 0.6 is 0 Å². The van der Waals surface area contributed by atoms with Gasteiger partial charge in [-0.3, -0.25) is 14.4 Å². The summed E-state index contributed by atoms with van der Waals surface area (Å²) in [6.07, 6.45) is 4.33. The smallest absolute Gasteiger partial charge is 0.246 e. The number of hydrogen-bond donors (Lipinski definition) is 1. The van der Waals surface area contributed by atoms with Crippen LogP contribution in [0.3, 0.4) is 0 Å². The average molecular weight is 353 g/mol. The van der Waals surface area contributed by atoms with Crippen LogP contribution in [-0.2, 0) is 19.1 Å². The van der Waals surface area contributed by atoms with E-state index >= 15 is 0 Å². The first kappa shape index (κ1) is 19.7. The highest BCUT2D eigenvalue weighted by Gasteiger charge is 2.40. The second-order valence-electron chi connectivity index (χ2n) is 7.19. The first-order valence-corrected chi connectivity index (χ1v) is 9.35. The van der Waals surface area contributed by atoms with Gasteiger partial charge in [0.05, 0.1) is 13.0 Å². The molecule has 2 fully saturated rings. The van der Waals surface area contributed by atoms with Crippen LogP contribution in [0.5, 0.6) is 0 Å². The summed E-state index contributed by atoms with van der Waals surface area (Å²) in [5, 5.41) is 2.92. The lowest BCUT2D eigenvalue weighted by molar-refractivity contribution is -0.149. The molecule has 1 N–H and O–H groups in total. The number of amides is 3. The molecule has 0 bridgehead atoms. The maximum Gasteiger partial charge on any atom is 0.246 e. The minimum atomic E-state index is -0.434. The molecule has 0 spiro atoms. The number of nitrogens with zero attached hydrogens (tertiary/aromatic N) is 2. The fourth-order valence-corrected chi connectivity index (χ4v) is 3.69. The maximum absolute atomic E-state index is 13.1. The number of methoxy groups -OCH3 is 1. The number of carbonyl (C=O) groups excluding carboxylic acids is 3. The lowest BCUT2D eigenvalue weighted by atomic mass is 9.99. The predicted molar refractivity (Wildman–Crippen MR) is 93.9 cm³/mol. The van der Waals surface area contributed by atoms with Crippen molar-refractivity contribution in [2.24, 2.45) is 0 Å². The molecule has 2 saturated heterocycles. The molecule has 0 aromatic heterocycles. The molecule has 3 amide bonds. The highest BCUT2D eigenvalue weighted by atomic mass is 16.5. The number of nitrogens with one attached hydrogen (secondary N) is 1. The Bertz CT molecular complexity index is 495. The van der Waals surface area contributed by atoms with Crippen LogP contribution in [0.4, 0.5) is 0 Å². The van der Waals surface area contributed by atoms with Crippen LogP contribution in [0.1, 0.15) is 52.4 Å². The van der Waals surface area contributed by atoms with Crippen molar-refractivity contribution in [1.82, 2.24) is 15.1 Å². The van der Waals surface area contributed by atoms with Gasteiger partial charge < -0.3 is 19.9 Å². The Balaban J connectivity index is 2.07. The normalized spacial score (nSPS) is 23.8. The second kappa shape index (κ2) is 9.17. The fourth-order valence-electron chi connectivity index (χ4n) is 3.69. The molecule has 0 radical (unpaired) electrons. The summed E-state index contributed by atoms with van der Waals surface area (Å²) in [5.74, 6) is -0.205. The van der Waals surface area contributed by atoms with Crippen molar-refractivity contribution >= 4 is 17.7 Å². The van der Waals surface area contributed by atoms with Gasteiger partial charge in [-0.2, -0.15) is 0 Å². The van der Waals surface area contributed by atoms with Gasteiger partial charge in [-0.1, -0.05) is 0 Å². The first-order chi connectivity index (χ1) is 12.0. The molecule has 25 heavy (non-hydrogen) atoms. The molecule has 2 rings (SSSR count). The van der Waals surface area contributed by atoms with Crippen molar-refractivity contribution in [2.75, 3.05) is 26.8 Å². The summed E-state index contributed by atoms with van der Waals surface area (Å²) in [7, 11) is 1.56. The summed E-state index contributed by atoms with van der Waals surface area (Å²) in [5.41, 5.74) is 0. The van der Waals surface area contributed by atoms with Crippen LogP contribution in [0.2, 0.25) is 0 Å². The van der Waals surface area contributed by atoms with E-state index in [2.05, 4.69) is 5.32 Å². The first-order valence-electron chi connectivity index (χ1n) is 9.35. The van der Waals surface area contributed by atoms with E-state index < -0.39 is 12.1 Å². The Morgan fingerprint density at radius 3 is 2.40 bits per heavy atom. The van der Waals surface area contributed by atoms with E-state index in [0.717, 1.165) is 19.3 Å². The van der Waals surface area contributed by atoms with E-state index in [4.69, 9.17) is 4.74 Å². The van der Waals surface area contributed by atoms with Gasteiger partial charge in [-0.25, -0.2) is 0 Å². The van der Waals surface area contributed by atoms with Crippen LogP contribution in [0.25, 0.3) is 0 Å². The van der Waals surface area contributed by atoms with Crippen LogP contribution in [0, 0.1) is 0 Å². The zero-order chi connectivity index (χ0) is 18.4. The molecule has 7 heteroatoms. The van der Waals surface area contributed by atoms with Crippen LogP contribution in [-0.4, -0.2) is 72.5 Å². The highest BCUT2D eigenvalue weighted by molar-refractivity contribution is 5.92. The van der Waals surface area contributed by atoms with E-state index in [-0.39, 0.29) is 30.2 Å². The van der Waals surface area contributed by atoms with Gasteiger partial charge in [0.1, 0.15) is 12.1 Å². The summed E-state index contributed by atoms with van der Waals surface area (Å²) < 4.78 is 4.97. The number of likely N-dealkylation sites (tertiary alicyclic amines) is 2. The van der Waals surface area contributed by atoms with Gasteiger partial charge in [0.2, 0.25) is 17.7 Å². The molecule has 0 saturated carbocycles. The summed E-state index contributed by atoms with van der Waals surface area (Å²) in [6, 6.07) is -0.804. The quantitative estimate of drug-likeness (QED) is 0.770. The SMILES string of the molecule is COCCC(=O)N1CCCC1C(=O)N1CCCCC1C(=O)NC(C)C. The summed E-state index contributed by atoms with van der Waals surface area (Å²) in [4.78, 5) is 41.3. The Labute approximate surface area is 150 Å². The fraction of sp³-hybridized carbons (Fsp3) is 0.833. The summed E-state index contributed by atoms with van der Waals surface area (Å²) in [6.45, 7) is 5.39. The molecular formula is C18H31N3O4. The molecule has 2 aliphatic heterocycles. The second-order valence-corrected chi connectivity index (χ2v) is 7.19. The topological polar surface area (TPSA) is 79.0 Å². The van der Waals surface area contributed by atoms with Crippen molar-refractivity contribution < 1.29 is 19.1 Å². The molecule has 2 heterocycles. The van der Waals surface area contributed by atoms with Gasteiger partial charge in [0.15, 0.2) is 0 Å². The zero-order valence-electron chi connectivity index (χ0n) is 15.6. The molecule has 0 aromatic rings. The number of carbonyl (C=O) groups is 3. The highest BCUT2D eigenvalue weighted by Crippen LogP contribution is 2.25. The van der Waals surface area contributed by atoms with E-state index in [9.17, 15) is 14.4 Å². The predicted octanol–water partition coefficient (Wildman–Crippen LogP) is 0.920. The molecule has 7 nitrogen and oxygen atoms in total. The van der Waals surface area contributed by atoms with Crippen LogP contribution in [0.15, 0.2) is 0 Å². The van der Waals surface area contributed by atoms with Crippen molar-refractivity contribution in [3.8, 4) is 0 Å². The molecular weight excluding hydrogens is 322 g/mol. The van der Waals surface area contributed by atoms with Crippen molar-refractivity contribution in [2.45, 2.75) is 70.5 Å². The molecule has 2 aliphatic rings. The Kier molecular flexibility index (Phi) is 7.23. The Morgan fingerprint density at radius 2 is 1.72 bits per heavy atom. The van der Waals surface area contributed by atoms with Crippen molar-refractivity contribution in [3.05, 3.63) is 0 Å². The number of rotatable bonds is 6. The third kappa shape index (κ3) is 4.93. The molecule has 0 aromatic carbocycles. The largest absolute Gasteiger partial charge is 0.384 e. The Morgan fingerprint density at radius 1 is 1.04 bits per heavy atom. The van der Waals surface area contributed by atoms with Gasteiger partial charge in [0, 0.05) is 26.2 Å². The summed E-state index contributed by atoms with van der Waals surface area (Å²) >= 11 is 0. The number of hydrogen-bond acceptors (Lipinski definition) is 4. The lowest BCUT2D eigenvalue weighted by Gasteiger charge is -2.38. The lowest BCUT2D eigenvalue weighted by Crippen LogP contribution is -2.57. The van der Waals surface area contributed by atoms with Crippen molar-refractivity contribution in [1.29, 1.82) is 0 Å². The van der Waals surface area contributed by atoms with Gasteiger partial charge in [-0.05, 0) is 46.0 Å². The van der Waals surface area contributed by atoms with E-state index in [1.807, 2.05) is 13.8 Å².